The molecule has 2 heterocycles. The summed E-state index contributed by atoms with van der Waals surface area (Å²) >= 11 is 0. The molecule has 2 aliphatic rings. The number of aliphatic hydroxyl groups is 1. The maximum Gasteiger partial charge on any atom is 0.0879 e. The third kappa shape index (κ3) is 1.43. The average molecular weight is 204 g/mol. The lowest BCUT2D eigenvalue weighted by Gasteiger charge is -2.28. The monoisotopic (exact) mass is 204 g/mol. The molecule has 1 aromatic carbocycles. The topological polar surface area (TPSA) is 35.5 Å². The number of fused-ring (bicyclic) bond motifs is 1. The first-order valence-corrected chi connectivity index (χ1v) is 5.59. The maximum absolute atomic E-state index is 9.87. The Labute approximate surface area is 89.7 Å². The van der Waals surface area contributed by atoms with Gasteiger partial charge in [0.1, 0.15) is 0 Å². The van der Waals surface area contributed by atoms with Crippen molar-refractivity contribution in [2.45, 2.75) is 18.6 Å². The summed E-state index contributed by atoms with van der Waals surface area (Å²) in [5, 5.41) is 13.1. The van der Waals surface area contributed by atoms with Crippen LogP contribution in [-0.2, 0) is 6.42 Å². The van der Waals surface area contributed by atoms with Crippen LogP contribution in [0.2, 0.25) is 0 Å². The Balaban J connectivity index is 1.90. The molecule has 2 atom stereocenters. The van der Waals surface area contributed by atoms with E-state index in [4.69, 9.17) is 0 Å². The number of para-hydroxylation sites is 1. The van der Waals surface area contributed by atoms with Crippen LogP contribution in [0.15, 0.2) is 24.3 Å². The third-order valence-electron chi connectivity index (χ3n) is 3.47. The van der Waals surface area contributed by atoms with E-state index < -0.39 is 0 Å². The number of hydrogen-bond donors (Lipinski definition) is 2. The van der Waals surface area contributed by atoms with Crippen LogP contribution in [0.1, 0.15) is 5.56 Å². The molecule has 0 aromatic heterocycles. The molecule has 0 saturated carbocycles. The summed E-state index contributed by atoms with van der Waals surface area (Å²) in [7, 11) is 0. The van der Waals surface area contributed by atoms with Gasteiger partial charge in [0.2, 0.25) is 0 Å². The zero-order chi connectivity index (χ0) is 10.3. The summed E-state index contributed by atoms with van der Waals surface area (Å²) in [5.41, 5.74) is 2.72. The number of nitrogens with zero attached hydrogens (tertiary/aromatic N) is 1. The van der Waals surface area contributed by atoms with Gasteiger partial charge >= 0.3 is 0 Å². The van der Waals surface area contributed by atoms with Gasteiger partial charge in [0.15, 0.2) is 0 Å². The molecule has 3 nitrogen and oxygen atoms in total. The second-order valence-corrected chi connectivity index (χ2v) is 4.37. The van der Waals surface area contributed by atoms with E-state index in [1.54, 1.807) is 0 Å². The lowest BCUT2D eigenvalue weighted by atomic mass is 10.1. The molecule has 0 bridgehead atoms. The number of benzene rings is 1. The van der Waals surface area contributed by atoms with Gasteiger partial charge in [-0.15, -0.1) is 0 Å². The van der Waals surface area contributed by atoms with Crippen molar-refractivity contribution in [2.75, 3.05) is 24.5 Å². The zero-order valence-corrected chi connectivity index (χ0v) is 8.69. The summed E-state index contributed by atoms with van der Waals surface area (Å²) in [4.78, 5) is 2.35. The minimum absolute atomic E-state index is 0.226. The van der Waals surface area contributed by atoms with Crippen molar-refractivity contribution in [2.24, 2.45) is 0 Å². The molecule has 0 aliphatic carbocycles. The Hall–Kier alpha value is -1.06. The molecular formula is C12H16N2O. The van der Waals surface area contributed by atoms with Crippen molar-refractivity contribution in [3.05, 3.63) is 29.8 Å². The molecule has 2 unspecified atom stereocenters. The summed E-state index contributed by atoms with van der Waals surface area (Å²) < 4.78 is 0. The van der Waals surface area contributed by atoms with Gasteiger partial charge in [-0.05, 0) is 18.1 Å². The van der Waals surface area contributed by atoms with Crippen LogP contribution in [0.25, 0.3) is 0 Å². The number of hydrogen-bond acceptors (Lipinski definition) is 3. The molecule has 3 rings (SSSR count). The number of rotatable bonds is 1. The highest BCUT2D eigenvalue weighted by molar-refractivity contribution is 5.59. The lowest BCUT2D eigenvalue weighted by Crippen LogP contribution is -2.42. The van der Waals surface area contributed by atoms with Crippen LogP contribution < -0.4 is 10.2 Å². The number of aliphatic hydroxyl groups excluding tert-OH is 1. The molecule has 1 saturated heterocycles. The van der Waals surface area contributed by atoms with Gasteiger partial charge in [0, 0.05) is 25.3 Å². The molecule has 15 heavy (non-hydrogen) atoms. The van der Waals surface area contributed by atoms with Crippen molar-refractivity contribution < 1.29 is 5.11 Å². The van der Waals surface area contributed by atoms with Crippen LogP contribution in [0.5, 0.6) is 0 Å². The van der Waals surface area contributed by atoms with E-state index in [-0.39, 0.29) is 12.1 Å². The van der Waals surface area contributed by atoms with E-state index in [0.717, 1.165) is 26.1 Å². The van der Waals surface area contributed by atoms with Crippen molar-refractivity contribution in [3.63, 3.8) is 0 Å². The standard InChI is InChI=1S/C12H16N2O/c15-12-8-13-7-11(12)14-6-5-9-3-1-2-4-10(9)14/h1-4,11-13,15H,5-8H2. The Bertz CT molecular complexity index is 366. The van der Waals surface area contributed by atoms with Crippen LogP contribution >= 0.6 is 0 Å². The minimum Gasteiger partial charge on any atom is -0.390 e. The minimum atomic E-state index is -0.226. The Morgan fingerprint density at radius 3 is 2.93 bits per heavy atom. The van der Waals surface area contributed by atoms with Crippen molar-refractivity contribution in [1.29, 1.82) is 0 Å². The fraction of sp³-hybridized carbons (Fsp3) is 0.500. The molecule has 2 aliphatic heterocycles. The second kappa shape index (κ2) is 3.51. The predicted octanol–water partition coefficient (Wildman–Crippen LogP) is 0.382. The van der Waals surface area contributed by atoms with Crippen LogP contribution in [0, 0.1) is 0 Å². The highest BCUT2D eigenvalue weighted by Gasteiger charge is 2.33. The molecular weight excluding hydrogens is 188 g/mol. The van der Waals surface area contributed by atoms with Gasteiger partial charge in [-0.2, -0.15) is 0 Å². The normalized spacial score (nSPS) is 29.5. The van der Waals surface area contributed by atoms with E-state index in [0.29, 0.717) is 0 Å². The third-order valence-corrected chi connectivity index (χ3v) is 3.47. The van der Waals surface area contributed by atoms with Gasteiger partial charge in [-0.1, -0.05) is 18.2 Å². The quantitative estimate of drug-likeness (QED) is 0.694. The zero-order valence-electron chi connectivity index (χ0n) is 8.69. The molecule has 80 valence electrons. The van der Waals surface area contributed by atoms with E-state index in [9.17, 15) is 5.11 Å². The maximum atomic E-state index is 9.87. The fourth-order valence-corrected chi connectivity index (χ4v) is 2.68. The smallest absolute Gasteiger partial charge is 0.0879 e. The molecule has 3 heteroatoms. The molecule has 0 radical (unpaired) electrons. The number of anilines is 1. The van der Waals surface area contributed by atoms with Crippen LogP contribution in [0.4, 0.5) is 5.69 Å². The Morgan fingerprint density at radius 1 is 1.27 bits per heavy atom. The van der Waals surface area contributed by atoms with Crippen LogP contribution in [0.3, 0.4) is 0 Å². The van der Waals surface area contributed by atoms with E-state index in [1.807, 2.05) is 0 Å². The second-order valence-electron chi connectivity index (χ2n) is 4.37. The van der Waals surface area contributed by atoms with E-state index >= 15 is 0 Å². The van der Waals surface area contributed by atoms with Gasteiger partial charge < -0.3 is 15.3 Å². The molecule has 1 aromatic rings. The Kier molecular flexibility index (Phi) is 2.15. The first kappa shape index (κ1) is 9.19. The predicted molar refractivity (Wildman–Crippen MR) is 60.2 cm³/mol. The van der Waals surface area contributed by atoms with Gasteiger partial charge in [0.05, 0.1) is 12.1 Å². The molecule has 2 N–H and O–H groups in total. The van der Waals surface area contributed by atoms with Gasteiger partial charge in [-0.3, -0.25) is 0 Å². The largest absolute Gasteiger partial charge is 0.390 e. The first-order chi connectivity index (χ1) is 7.36. The summed E-state index contributed by atoms with van der Waals surface area (Å²) in [6, 6.07) is 8.77. The van der Waals surface area contributed by atoms with Crippen molar-refractivity contribution in [3.8, 4) is 0 Å². The van der Waals surface area contributed by atoms with Crippen LogP contribution in [-0.4, -0.2) is 36.9 Å². The number of nitrogens with one attached hydrogen (secondary N) is 1. The SMILES string of the molecule is OC1CNCC1N1CCc2ccccc21. The van der Waals surface area contributed by atoms with Crippen molar-refractivity contribution >= 4 is 5.69 Å². The summed E-state index contributed by atoms with van der Waals surface area (Å²) in [5.74, 6) is 0. The van der Waals surface area contributed by atoms with Crippen molar-refractivity contribution in [1.82, 2.24) is 5.32 Å². The Morgan fingerprint density at radius 2 is 2.13 bits per heavy atom. The average Bonchev–Trinajstić information content (AvgIpc) is 2.83. The van der Waals surface area contributed by atoms with E-state index in [1.165, 1.54) is 11.3 Å². The number of β-amino-alcohol motifs (C(OH)–C–C–N with tert-alkyl or cyclic N) is 1. The first-order valence-electron chi connectivity index (χ1n) is 5.59. The van der Waals surface area contributed by atoms with Gasteiger partial charge in [0.25, 0.3) is 0 Å². The highest BCUT2D eigenvalue weighted by atomic mass is 16.3. The lowest BCUT2D eigenvalue weighted by molar-refractivity contribution is 0.175. The van der Waals surface area contributed by atoms with E-state index in [2.05, 4.69) is 34.5 Å². The van der Waals surface area contributed by atoms with Gasteiger partial charge in [-0.25, -0.2) is 0 Å². The molecule has 0 spiro atoms. The molecule has 1 fully saturated rings. The summed E-state index contributed by atoms with van der Waals surface area (Å²) in [6.07, 6.45) is 0.885. The molecule has 0 amide bonds. The summed E-state index contributed by atoms with van der Waals surface area (Å²) in [6.45, 7) is 2.67. The fourth-order valence-electron chi connectivity index (χ4n) is 2.68. The highest BCUT2D eigenvalue weighted by Crippen LogP contribution is 2.30.